The van der Waals surface area contributed by atoms with Crippen LogP contribution in [0.1, 0.15) is 15.9 Å². The minimum Gasteiger partial charge on any atom is -0.322 e. The van der Waals surface area contributed by atoms with Gasteiger partial charge >= 0.3 is 0 Å². The number of nitrogens with zero attached hydrogens (tertiary/aromatic N) is 1. The van der Waals surface area contributed by atoms with Crippen LogP contribution in [0.4, 0.5) is 15.9 Å². The number of nitrogen functional groups attached to an aromatic ring is 1. The Kier molecular flexibility index (Phi) is 4.31. The monoisotopic (exact) mass is 338 g/mol. The van der Waals surface area contributed by atoms with Gasteiger partial charge in [-0.3, -0.25) is 4.79 Å². The van der Waals surface area contributed by atoms with Gasteiger partial charge in [-0.25, -0.2) is 15.2 Å². The number of halogens is 2. The summed E-state index contributed by atoms with van der Waals surface area (Å²) in [5.74, 6) is 3.60. The molecule has 0 bridgehead atoms. The SMILES string of the molecule is Cc1cc(Br)ccc1NC(=O)c1ccnc(NN)c1F. The van der Waals surface area contributed by atoms with Gasteiger partial charge in [0.05, 0.1) is 5.56 Å². The summed E-state index contributed by atoms with van der Waals surface area (Å²) < 4.78 is 14.8. The van der Waals surface area contributed by atoms with E-state index in [0.29, 0.717) is 5.69 Å². The van der Waals surface area contributed by atoms with Gasteiger partial charge in [0.2, 0.25) is 0 Å². The molecule has 1 amide bonds. The van der Waals surface area contributed by atoms with E-state index < -0.39 is 11.7 Å². The quantitative estimate of drug-likeness (QED) is 0.593. The highest BCUT2D eigenvalue weighted by molar-refractivity contribution is 9.10. The van der Waals surface area contributed by atoms with Gasteiger partial charge in [-0.05, 0) is 36.8 Å². The van der Waals surface area contributed by atoms with E-state index in [1.807, 2.05) is 13.0 Å². The molecule has 20 heavy (non-hydrogen) atoms. The fourth-order valence-corrected chi connectivity index (χ4v) is 2.15. The van der Waals surface area contributed by atoms with Crippen LogP contribution in [0, 0.1) is 12.7 Å². The van der Waals surface area contributed by atoms with Crippen LogP contribution in [0.3, 0.4) is 0 Å². The number of carbonyl (C=O) groups is 1. The van der Waals surface area contributed by atoms with Crippen molar-refractivity contribution in [2.45, 2.75) is 6.92 Å². The summed E-state index contributed by atoms with van der Waals surface area (Å²) in [7, 11) is 0. The molecule has 2 aromatic rings. The Hall–Kier alpha value is -1.99. The van der Waals surface area contributed by atoms with E-state index in [-0.39, 0.29) is 11.4 Å². The molecule has 7 heteroatoms. The van der Waals surface area contributed by atoms with E-state index in [2.05, 4.69) is 31.7 Å². The van der Waals surface area contributed by atoms with Crippen LogP contribution in [-0.4, -0.2) is 10.9 Å². The number of nitrogens with two attached hydrogens (primary N) is 1. The van der Waals surface area contributed by atoms with Gasteiger partial charge in [-0.15, -0.1) is 0 Å². The van der Waals surface area contributed by atoms with E-state index in [0.717, 1.165) is 10.0 Å². The molecule has 0 aliphatic heterocycles. The molecular weight excluding hydrogens is 327 g/mol. The normalized spacial score (nSPS) is 10.2. The van der Waals surface area contributed by atoms with Crippen LogP contribution in [-0.2, 0) is 0 Å². The van der Waals surface area contributed by atoms with Crippen LogP contribution in [0.2, 0.25) is 0 Å². The molecule has 0 radical (unpaired) electrons. The number of pyridine rings is 1. The Morgan fingerprint density at radius 1 is 1.40 bits per heavy atom. The molecular formula is C13H12BrFN4O. The lowest BCUT2D eigenvalue weighted by Crippen LogP contribution is -2.18. The van der Waals surface area contributed by atoms with Gasteiger partial charge < -0.3 is 10.7 Å². The lowest BCUT2D eigenvalue weighted by molar-refractivity contribution is 0.102. The molecule has 0 aliphatic carbocycles. The molecule has 0 unspecified atom stereocenters. The van der Waals surface area contributed by atoms with E-state index in [1.165, 1.54) is 12.3 Å². The first-order valence-corrected chi connectivity index (χ1v) is 6.51. The largest absolute Gasteiger partial charge is 0.322 e. The van der Waals surface area contributed by atoms with Crippen molar-refractivity contribution in [2.24, 2.45) is 5.84 Å². The summed E-state index contributed by atoms with van der Waals surface area (Å²) in [6, 6.07) is 6.67. The Balaban J connectivity index is 2.28. The number of rotatable bonds is 3. The van der Waals surface area contributed by atoms with E-state index >= 15 is 0 Å². The van der Waals surface area contributed by atoms with Crippen LogP contribution >= 0.6 is 15.9 Å². The molecule has 4 N–H and O–H groups in total. The summed E-state index contributed by atoms with van der Waals surface area (Å²) in [4.78, 5) is 15.8. The van der Waals surface area contributed by atoms with Gasteiger partial charge in [0.15, 0.2) is 11.6 Å². The predicted octanol–water partition coefficient (Wildman–Crippen LogP) is 2.83. The maximum Gasteiger partial charge on any atom is 0.258 e. The molecule has 1 aromatic heterocycles. The van der Waals surface area contributed by atoms with Crippen LogP contribution in [0.25, 0.3) is 0 Å². The summed E-state index contributed by atoms with van der Waals surface area (Å²) in [6.45, 7) is 1.84. The highest BCUT2D eigenvalue weighted by atomic mass is 79.9. The summed E-state index contributed by atoms with van der Waals surface area (Å²) >= 11 is 3.33. The Morgan fingerprint density at radius 2 is 2.15 bits per heavy atom. The first-order chi connectivity index (χ1) is 9.52. The smallest absolute Gasteiger partial charge is 0.258 e. The molecule has 5 nitrogen and oxygen atoms in total. The van der Waals surface area contributed by atoms with Crippen molar-refractivity contribution in [3.05, 3.63) is 51.9 Å². The summed E-state index contributed by atoms with van der Waals surface area (Å²) in [5.41, 5.74) is 3.44. The average Bonchev–Trinajstić information content (AvgIpc) is 2.42. The number of nitrogens with one attached hydrogen (secondary N) is 2. The Morgan fingerprint density at radius 3 is 2.80 bits per heavy atom. The lowest BCUT2D eigenvalue weighted by atomic mass is 10.2. The number of anilines is 2. The predicted molar refractivity (Wildman–Crippen MR) is 78.8 cm³/mol. The van der Waals surface area contributed by atoms with Gasteiger partial charge in [0.1, 0.15) is 0 Å². The Labute approximate surface area is 123 Å². The number of amides is 1. The van der Waals surface area contributed by atoms with Gasteiger partial charge in [0, 0.05) is 16.4 Å². The first-order valence-electron chi connectivity index (χ1n) is 5.71. The molecule has 0 fully saturated rings. The third-order valence-electron chi connectivity index (χ3n) is 2.71. The van der Waals surface area contributed by atoms with Crippen molar-refractivity contribution in [3.8, 4) is 0 Å². The molecule has 2 rings (SSSR count). The standard InChI is InChI=1S/C13H12BrFN4O/c1-7-6-8(14)2-3-10(7)18-13(20)9-4-5-17-12(19-16)11(9)15/h2-6H,16H2,1H3,(H,17,19)(H,18,20). The maximum absolute atomic E-state index is 13.9. The molecule has 0 spiro atoms. The van der Waals surface area contributed by atoms with Crippen molar-refractivity contribution in [1.82, 2.24) is 4.98 Å². The molecule has 0 atom stereocenters. The third-order valence-corrected chi connectivity index (χ3v) is 3.20. The summed E-state index contributed by atoms with van der Waals surface area (Å²) in [6.07, 6.45) is 1.31. The fraction of sp³-hybridized carbons (Fsp3) is 0.0769. The zero-order valence-corrected chi connectivity index (χ0v) is 12.2. The maximum atomic E-state index is 13.9. The van der Waals surface area contributed by atoms with Crippen molar-refractivity contribution < 1.29 is 9.18 Å². The third kappa shape index (κ3) is 2.94. The summed E-state index contributed by atoms with van der Waals surface area (Å²) in [5, 5.41) is 2.65. The zero-order chi connectivity index (χ0) is 14.7. The van der Waals surface area contributed by atoms with Crippen LogP contribution < -0.4 is 16.6 Å². The Bertz CT molecular complexity index is 663. The number of aromatic nitrogens is 1. The molecule has 0 aliphatic rings. The minimum absolute atomic E-state index is 0.129. The van der Waals surface area contributed by atoms with Crippen molar-refractivity contribution in [2.75, 3.05) is 10.7 Å². The molecule has 1 heterocycles. The topological polar surface area (TPSA) is 80.0 Å². The van der Waals surface area contributed by atoms with Crippen LogP contribution in [0.15, 0.2) is 34.9 Å². The number of hydrogen-bond donors (Lipinski definition) is 3. The fourth-order valence-electron chi connectivity index (χ4n) is 1.68. The number of hydrazine groups is 1. The van der Waals surface area contributed by atoms with Gasteiger partial charge in [-0.2, -0.15) is 0 Å². The van der Waals surface area contributed by atoms with E-state index in [9.17, 15) is 9.18 Å². The van der Waals surface area contributed by atoms with E-state index in [1.54, 1.807) is 12.1 Å². The van der Waals surface area contributed by atoms with Crippen LogP contribution in [0.5, 0.6) is 0 Å². The number of hydrogen-bond acceptors (Lipinski definition) is 4. The van der Waals surface area contributed by atoms with Gasteiger partial charge in [0.25, 0.3) is 5.91 Å². The number of benzene rings is 1. The zero-order valence-electron chi connectivity index (χ0n) is 10.6. The van der Waals surface area contributed by atoms with Crippen molar-refractivity contribution >= 4 is 33.3 Å². The number of carbonyl (C=O) groups excluding carboxylic acids is 1. The average molecular weight is 339 g/mol. The number of aryl methyl sites for hydroxylation is 1. The molecule has 0 saturated carbocycles. The van der Waals surface area contributed by atoms with E-state index in [4.69, 9.17) is 5.84 Å². The lowest BCUT2D eigenvalue weighted by Gasteiger charge is -2.10. The highest BCUT2D eigenvalue weighted by Crippen LogP contribution is 2.21. The molecule has 104 valence electrons. The first kappa shape index (κ1) is 14.4. The second-order valence-corrected chi connectivity index (χ2v) is 4.99. The highest BCUT2D eigenvalue weighted by Gasteiger charge is 2.16. The van der Waals surface area contributed by atoms with Crippen molar-refractivity contribution in [1.29, 1.82) is 0 Å². The molecule has 1 aromatic carbocycles. The van der Waals surface area contributed by atoms with Gasteiger partial charge in [-0.1, -0.05) is 15.9 Å². The second-order valence-electron chi connectivity index (χ2n) is 4.08. The second kappa shape index (κ2) is 5.98. The molecule has 0 saturated heterocycles. The minimum atomic E-state index is -0.790. The van der Waals surface area contributed by atoms with Crippen molar-refractivity contribution in [3.63, 3.8) is 0 Å².